The second kappa shape index (κ2) is 12.2. The van der Waals surface area contributed by atoms with E-state index in [0.29, 0.717) is 24.9 Å². The Bertz CT molecular complexity index is 583. The summed E-state index contributed by atoms with van der Waals surface area (Å²) in [5.41, 5.74) is 10.9. The third-order valence-electron chi connectivity index (χ3n) is 2.77. The minimum atomic E-state index is -1.83. The normalized spacial score (nSPS) is 10.4. The van der Waals surface area contributed by atoms with Crippen molar-refractivity contribution < 1.29 is 29.3 Å². The van der Waals surface area contributed by atoms with Gasteiger partial charge in [0, 0.05) is 12.1 Å². The van der Waals surface area contributed by atoms with E-state index in [9.17, 15) is 9.59 Å². The average Bonchev–Trinajstić information content (AvgIpc) is 2.56. The van der Waals surface area contributed by atoms with Crippen LogP contribution >= 0.6 is 0 Å². The summed E-state index contributed by atoms with van der Waals surface area (Å²) < 4.78 is 4.69. The summed E-state index contributed by atoms with van der Waals surface area (Å²) in [6.45, 7) is 0.386. The molecule has 1 amide bonds. The molecule has 0 bridgehead atoms. The molecule has 10 heteroatoms. The Morgan fingerprint density at radius 2 is 1.76 bits per heavy atom. The molecule has 1 aromatic carbocycles. The zero-order valence-corrected chi connectivity index (χ0v) is 13.7. The number of carboxylic acid groups (broad SMARTS) is 2. The summed E-state index contributed by atoms with van der Waals surface area (Å²) in [7, 11) is 1.28. The zero-order chi connectivity index (χ0) is 19.2. The van der Waals surface area contributed by atoms with Crippen molar-refractivity contribution in [3.05, 3.63) is 35.9 Å². The Balaban J connectivity index is 0.00000129. The third-order valence-corrected chi connectivity index (χ3v) is 2.77. The zero-order valence-electron chi connectivity index (χ0n) is 13.7. The first-order chi connectivity index (χ1) is 11.8. The van der Waals surface area contributed by atoms with Crippen molar-refractivity contribution in [2.45, 2.75) is 18.9 Å². The third kappa shape index (κ3) is 11.0. The number of aliphatic imine (C=N–C) groups is 1. The molecule has 0 radical (unpaired) electrons. The second-order valence-corrected chi connectivity index (χ2v) is 4.65. The van der Waals surface area contributed by atoms with E-state index in [1.165, 1.54) is 7.11 Å². The molecule has 0 aliphatic heterocycles. The standard InChI is InChI=1S/C14H20N4O3.CH2O3/c1-21-13(20)11(8-5-9-17-14(15)16)18-12(19)10-6-3-2-4-7-10;2-1(3)4/h2-4,6-7,11H,5,8-9H2,1H3,(H,18,19)(H4,15,16,17);(H2,2,3,4)/t11-;/m0./s1. The molecule has 0 aromatic heterocycles. The number of nitrogens with zero attached hydrogens (tertiary/aromatic N) is 1. The number of nitrogens with two attached hydrogens (primary N) is 2. The SMILES string of the molecule is COC(=O)[C@H](CCCN=C(N)N)NC(=O)c1ccccc1.O=C(O)O. The lowest BCUT2D eigenvalue weighted by atomic mass is 10.1. The van der Waals surface area contributed by atoms with Crippen molar-refractivity contribution in [2.75, 3.05) is 13.7 Å². The maximum Gasteiger partial charge on any atom is 0.503 e. The average molecular weight is 354 g/mol. The van der Waals surface area contributed by atoms with Gasteiger partial charge in [-0.15, -0.1) is 0 Å². The van der Waals surface area contributed by atoms with Gasteiger partial charge in [0.05, 0.1) is 7.11 Å². The van der Waals surface area contributed by atoms with Gasteiger partial charge in [-0.1, -0.05) is 18.2 Å². The minimum Gasteiger partial charge on any atom is -0.467 e. The number of methoxy groups -OCH3 is 1. The van der Waals surface area contributed by atoms with E-state index in [1.807, 2.05) is 6.07 Å². The van der Waals surface area contributed by atoms with Gasteiger partial charge in [-0.2, -0.15) is 0 Å². The Labute approximate surface area is 144 Å². The van der Waals surface area contributed by atoms with Crippen LogP contribution in [0, 0.1) is 0 Å². The van der Waals surface area contributed by atoms with Crippen molar-refractivity contribution in [3.63, 3.8) is 0 Å². The van der Waals surface area contributed by atoms with Crippen molar-refractivity contribution in [2.24, 2.45) is 16.5 Å². The summed E-state index contributed by atoms with van der Waals surface area (Å²) in [5.74, 6) is -0.824. The number of esters is 1. The molecule has 0 aliphatic rings. The summed E-state index contributed by atoms with van der Waals surface area (Å²) in [6, 6.07) is 7.93. The molecule has 0 saturated carbocycles. The van der Waals surface area contributed by atoms with Crippen LogP contribution < -0.4 is 16.8 Å². The molecule has 10 nitrogen and oxygen atoms in total. The van der Waals surface area contributed by atoms with Crippen LogP contribution in [0.2, 0.25) is 0 Å². The van der Waals surface area contributed by atoms with Crippen LogP contribution in [0.25, 0.3) is 0 Å². The predicted molar refractivity (Wildman–Crippen MR) is 90.3 cm³/mol. The molecule has 1 aromatic rings. The summed E-state index contributed by atoms with van der Waals surface area (Å²) >= 11 is 0. The first kappa shape index (κ1) is 21.7. The number of hydrogen-bond donors (Lipinski definition) is 5. The molecule has 0 spiro atoms. The quantitative estimate of drug-likeness (QED) is 0.200. The van der Waals surface area contributed by atoms with E-state index in [4.69, 9.17) is 26.5 Å². The van der Waals surface area contributed by atoms with Gasteiger partial charge in [0.15, 0.2) is 5.96 Å². The fraction of sp³-hybridized carbons (Fsp3) is 0.333. The highest BCUT2D eigenvalue weighted by atomic mass is 16.6. The highest BCUT2D eigenvalue weighted by Crippen LogP contribution is 2.04. The van der Waals surface area contributed by atoms with Gasteiger partial charge in [0.1, 0.15) is 6.04 Å². The second-order valence-electron chi connectivity index (χ2n) is 4.65. The van der Waals surface area contributed by atoms with E-state index in [2.05, 4.69) is 15.0 Å². The van der Waals surface area contributed by atoms with E-state index < -0.39 is 18.2 Å². The first-order valence-corrected chi connectivity index (χ1v) is 7.19. The number of nitrogens with one attached hydrogen (secondary N) is 1. The lowest BCUT2D eigenvalue weighted by molar-refractivity contribution is -0.143. The molecule has 0 fully saturated rings. The first-order valence-electron chi connectivity index (χ1n) is 7.19. The largest absolute Gasteiger partial charge is 0.503 e. The van der Waals surface area contributed by atoms with Crippen LogP contribution in [-0.2, 0) is 9.53 Å². The molecule has 0 unspecified atom stereocenters. The molecule has 0 saturated heterocycles. The Kier molecular flexibility index (Phi) is 10.6. The fourth-order valence-electron chi connectivity index (χ4n) is 1.73. The maximum atomic E-state index is 12.0. The van der Waals surface area contributed by atoms with Crippen LogP contribution in [0.5, 0.6) is 0 Å². The lowest BCUT2D eigenvalue weighted by Gasteiger charge is -2.16. The molecule has 1 rings (SSSR count). The van der Waals surface area contributed by atoms with Gasteiger partial charge < -0.3 is 31.7 Å². The maximum absolute atomic E-state index is 12.0. The van der Waals surface area contributed by atoms with Crippen molar-refractivity contribution in [1.82, 2.24) is 5.32 Å². The van der Waals surface area contributed by atoms with Crippen molar-refractivity contribution in [1.29, 1.82) is 0 Å². The molecule has 25 heavy (non-hydrogen) atoms. The van der Waals surface area contributed by atoms with Gasteiger partial charge >= 0.3 is 12.1 Å². The van der Waals surface area contributed by atoms with Gasteiger partial charge in [-0.3, -0.25) is 9.79 Å². The molecule has 138 valence electrons. The van der Waals surface area contributed by atoms with Gasteiger partial charge in [0.2, 0.25) is 0 Å². The van der Waals surface area contributed by atoms with Gasteiger partial charge in [-0.05, 0) is 25.0 Å². The summed E-state index contributed by atoms with van der Waals surface area (Å²) in [5, 5.41) is 16.6. The number of carbonyl (C=O) groups is 3. The van der Waals surface area contributed by atoms with Crippen LogP contribution in [-0.4, -0.2) is 53.9 Å². The smallest absolute Gasteiger partial charge is 0.467 e. The van der Waals surface area contributed by atoms with E-state index in [1.54, 1.807) is 24.3 Å². The topological polar surface area (TPSA) is 177 Å². The molecule has 0 aliphatic carbocycles. The fourth-order valence-corrected chi connectivity index (χ4v) is 1.73. The van der Waals surface area contributed by atoms with E-state index in [0.717, 1.165) is 0 Å². The lowest BCUT2D eigenvalue weighted by Crippen LogP contribution is -2.41. The number of carbonyl (C=O) groups excluding carboxylic acids is 2. The highest BCUT2D eigenvalue weighted by Gasteiger charge is 2.21. The molecule has 0 heterocycles. The predicted octanol–water partition coefficient (Wildman–Crippen LogP) is 0.234. The Morgan fingerprint density at radius 3 is 2.24 bits per heavy atom. The summed E-state index contributed by atoms with van der Waals surface area (Å²) in [6.07, 6.45) is -0.894. The van der Waals surface area contributed by atoms with Crippen LogP contribution in [0.1, 0.15) is 23.2 Å². The number of guanidine groups is 1. The van der Waals surface area contributed by atoms with Crippen molar-refractivity contribution in [3.8, 4) is 0 Å². The van der Waals surface area contributed by atoms with Crippen molar-refractivity contribution >= 4 is 24.0 Å². The van der Waals surface area contributed by atoms with Crippen LogP contribution in [0.3, 0.4) is 0 Å². The number of ether oxygens (including phenoxy) is 1. The number of amides is 1. The Morgan fingerprint density at radius 1 is 1.20 bits per heavy atom. The van der Waals surface area contributed by atoms with E-state index in [-0.39, 0.29) is 11.9 Å². The highest BCUT2D eigenvalue weighted by molar-refractivity contribution is 5.96. The number of hydrogen-bond acceptors (Lipinski definition) is 5. The van der Waals surface area contributed by atoms with Crippen LogP contribution in [0.15, 0.2) is 35.3 Å². The Hall–Kier alpha value is -3.30. The molecule has 1 atom stereocenters. The van der Waals surface area contributed by atoms with Gasteiger partial charge in [0.25, 0.3) is 5.91 Å². The minimum absolute atomic E-state index is 0.00191. The molecular formula is C15H22N4O6. The summed E-state index contributed by atoms with van der Waals surface area (Å²) in [4.78, 5) is 36.1. The molecule has 7 N–H and O–H groups in total. The van der Waals surface area contributed by atoms with Crippen LogP contribution in [0.4, 0.5) is 4.79 Å². The monoisotopic (exact) mass is 354 g/mol. The number of rotatable bonds is 7. The van der Waals surface area contributed by atoms with E-state index >= 15 is 0 Å². The molecular weight excluding hydrogens is 332 g/mol. The number of benzene rings is 1. The van der Waals surface area contributed by atoms with Gasteiger partial charge in [-0.25, -0.2) is 9.59 Å².